The summed E-state index contributed by atoms with van der Waals surface area (Å²) < 4.78 is 15.7. The second kappa shape index (κ2) is 7.91. The number of carbonyl (C=O) groups excluding carboxylic acids is 2. The maximum Gasteiger partial charge on any atom is 0.344 e. The maximum atomic E-state index is 12.3. The molecular weight excluding hydrogens is 334 g/mol. The van der Waals surface area contributed by atoms with Crippen LogP contribution in [-0.4, -0.2) is 38.7 Å². The monoisotopic (exact) mass is 355 g/mol. The van der Waals surface area contributed by atoms with Crippen LogP contribution in [0.2, 0.25) is 0 Å². The zero-order valence-electron chi connectivity index (χ0n) is 14.9. The van der Waals surface area contributed by atoms with Gasteiger partial charge in [-0.2, -0.15) is 0 Å². The summed E-state index contributed by atoms with van der Waals surface area (Å²) in [6.07, 6.45) is 0.812. The van der Waals surface area contributed by atoms with Gasteiger partial charge in [0.25, 0.3) is 5.91 Å². The summed E-state index contributed by atoms with van der Waals surface area (Å²) in [6, 6.07) is 13.1. The van der Waals surface area contributed by atoms with Crippen LogP contribution in [0.5, 0.6) is 11.5 Å². The lowest BCUT2D eigenvalue weighted by molar-refractivity contribution is -0.149. The van der Waals surface area contributed by atoms with E-state index in [2.05, 4.69) is 0 Å². The van der Waals surface area contributed by atoms with Crippen molar-refractivity contribution in [1.29, 1.82) is 0 Å². The van der Waals surface area contributed by atoms with Crippen LogP contribution in [0.25, 0.3) is 0 Å². The predicted molar refractivity (Wildman–Crippen MR) is 96.7 cm³/mol. The number of ether oxygens (including phenoxy) is 3. The Morgan fingerprint density at radius 3 is 2.69 bits per heavy atom. The van der Waals surface area contributed by atoms with Crippen molar-refractivity contribution in [3.63, 3.8) is 0 Å². The van der Waals surface area contributed by atoms with Gasteiger partial charge in [-0.1, -0.05) is 24.3 Å². The van der Waals surface area contributed by atoms with E-state index in [9.17, 15) is 9.59 Å². The van der Waals surface area contributed by atoms with E-state index in [-0.39, 0.29) is 19.1 Å². The average molecular weight is 355 g/mol. The number of carbonyl (C=O) groups is 2. The normalized spacial score (nSPS) is 12.5. The second-order valence-electron chi connectivity index (χ2n) is 6.03. The Morgan fingerprint density at radius 1 is 1.08 bits per heavy atom. The van der Waals surface area contributed by atoms with E-state index in [4.69, 9.17) is 14.2 Å². The number of hydrogen-bond donors (Lipinski definition) is 0. The number of rotatable bonds is 6. The molecule has 0 N–H and O–H groups in total. The van der Waals surface area contributed by atoms with Gasteiger partial charge in [0, 0.05) is 12.2 Å². The van der Waals surface area contributed by atoms with Gasteiger partial charge < -0.3 is 19.1 Å². The lowest BCUT2D eigenvalue weighted by Gasteiger charge is -2.17. The van der Waals surface area contributed by atoms with Gasteiger partial charge in [-0.25, -0.2) is 4.79 Å². The molecule has 3 rings (SSSR count). The van der Waals surface area contributed by atoms with Gasteiger partial charge in [0.15, 0.2) is 24.7 Å². The van der Waals surface area contributed by atoms with Crippen molar-refractivity contribution in [3.05, 3.63) is 53.6 Å². The Balaban J connectivity index is 1.50. The van der Waals surface area contributed by atoms with E-state index in [1.807, 2.05) is 43.3 Å². The van der Waals surface area contributed by atoms with Gasteiger partial charge in [-0.15, -0.1) is 0 Å². The van der Waals surface area contributed by atoms with Gasteiger partial charge in [0.05, 0.1) is 7.11 Å². The molecule has 0 unspecified atom stereocenters. The molecule has 0 radical (unpaired) electrons. The van der Waals surface area contributed by atoms with Crippen LogP contribution in [-0.2, 0) is 20.7 Å². The van der Waals surface area contributed by atoms with Crippen LogP contribution in [0, 0.1) is 6.92 Å². The molecule has 1 heterocycles. The molecule has 136 valence electrons. The Hall–Kier alpha value is -3.02. The number of methoxy groups -OCH3 is 1. The number of nitrogens with zero attached hydrogens (tertiary/aromatic N) is 1. The summed E-state index contributed by atoms with van der Waals surface area (Å²) in [5.41, 5.74) is 3.03. The van der Waals surface area contributed by atoms with Crippen LogP contribution in [0.15, 0.2) is 42.5 Å². The van der Waals surface area contributed by atoms with Crippen molar-refractivity contribution in [3.8, 4) is 11.5 Å². The minimum absolute atomic E-state index is 0.240. The molecule has 26 heavy (non-hydrogen) atoms. The fourth-order valence-corrected chi connectivity index (χ4v) is 2.89. The van der Waals surface area contributed by atoms with Crippen molar-refractivity contribution in [2.24, 2.45) is 0 Å². The molecule has 0 bridgehead atoms. The minimum atomic E-state index is -0.603. The number of fused-ring (bicyclic) bond motifs is 1. The van der Waals surface area contributed by atoms with Gasteiger partial charge in [-0.3, -0.25) is 4.79 Å². The van der Waals surface area contributed by atoms with E-state index < -0.39 is 5.97 Å². The summed E-state index contributed by atoms with van der Waals surface area (Å²) in [7, 11) is 1.53. The maximum absolute atomic E-state index is 12.3. The summed E-state index contributed by atoms with van der Waals surface area (Å²) in [5.74, 6) is 0.155. The van der Waals surface area contributed by atoms with Crippen LogP contribution in [0.1, 0.15) is 11.1 Å². The predicted octanol–water partition coefficient (Wildman–Crippen LogP) is 2.51. The van der Waals surface area contributed by atoms with Crippen LogP contribution < -0.4 is 14.4 Å². The third kappa shape index (κ3) is 3.96. The summed E-state index contributed by atoms with van der Waals surface area (Å²) >= 11 is 0. The third-order valence-corrected chi connectivity index (χ3v) is 4.21. The molecule has 1 aliphatic rings. The highest BCUT2D eigenvalue weighted by molar-refractivity contribution is 5.97. The number of para-hydroxylation sites is 1. The standard InChI is InChI=1S/C20H21NO5/c1-14-7-8-17(18(11-14)24-2)25-13-20(23)26-12-19(22)21-10-9-15-5-3-4-6-16(15)21/h3-8,11H,9-10,12-13H2,1-2H3. The molecule has 0 saturated carbocycles. The minimum Gasteiger partial charge on any atom is -0.493 e. The number of aryl methyl sites for hydroxylation is 1. The highest BCUT2D eigenvalue weighted by Gasteiger charge is 2.24. The number of esters is 1. The average Bonchev–Trinajstić information content (AvgIpc) is 3.09. The molecule has 2 aromatic carbocycles. The summed E-state index contributed by atoms with van der Waals surface area (Å²) in [5, 5.41) is 0. The van der Waals surface area contributed by atoms with E-state index in [0.717, 1.165) is 23.2 Å². The van der Waals surface area contributed by atoms with E-state index >= 15 is 0 Å². The molecule has 0 saturated heterocycles. The van der Waals surface area contributed by atoms with Gasteiger partial charge in [0.2, 0.25) is 0 Å². The Labute approximate surface area is 152 Å². The van der Waals surface area contributed by atoms with E-state index in [1.165, 1.54) is 7.11 Å². The molecule has 1 aliphatic heterocycles. The summed E-state index contributed by atoms with van der Waals surface area (Å²) in [6.45, 7) is 1.94. The number of hydrogen-bond acceptors (Lipinski definition) is 5. The molecule has 0 spiro atoms. The molecule has 2 aromatic rings. The lowest BCUT2D eigenvalue weighted by atomic mass is 10.2. The number of amides is 1. The fourth-order valence-electron chi connectivity index (χ4n) is 2.89. The fraction of sp³-hybridized carbons (Fsp3) is 0.300. The van der Waals surface area contributed by atoms with Gasteiger partial charge in [0.1, 0.15) is 0 Å². The molecule has 6 heteroatoms. The number of anilines is 1. The molecule has 6 nitrogen and oxygen atoms in total. The van der Waals surface area contributed by atoms with Crippen molar-refractivity contribution in [2.75, 3.05) is 31.8 Å². The van der Waals surface area contributed by atoms with E-state index in [1.54, 1.807) is 11.0 Å². The first-order chi connectivity index (χ1) is 12.6. The first kappa shape index (κ1) is 17.8. The lowest BCUT2D eigenvalue weighted by Crippen LogP contribution is -2.33. The Bertz CT molecular complexity index is 818. The molecule has 0 atom stereocenters. The number of benzene rings is 2. The van der Waals surface area contributed by atoms with Crippen molar-refractivity contribution in [2.45, 2.75) is 13.3 Å². The molecule has 0 fully saturated rings. The first-order valence-electron chi connectivity index (χ1n) is 8.40. The smallest absolute Gasteiger partial charge is 0.344 e. The molecule has 0 aromatic heterocycles. The van der Waals surface area contributed by atoms with Gasteiger partial charge >= 0.3 is 5.97 Å². The van der Waals surface area contributed by atoms with Crippen LogP contribution >= 0.6 is 0 Å². The topological polar surface area (TPSA) is 65.1 Å². The highest BCUT2D eigenvalue weighted by atomic mass is 16.6. The van der Waals surface area contributed by atoms with Crippen molar-refractivity contribution >= 4 is 17.6 Å². The first-order valence-corrected chi connectivity index (χ1v) is 8.40. The molecule has 1 amide bonds. The van der Waals surface area contributed by atoms with Crippen molar-refractivity contribution < 1.29 is 23.8 Å². The molecular formula is C20H21NO5. The van der Waals surface area contributed by atoms with Gasteiger partial charge in [-0.05, 0) is 42.7 Å². The molecule has 0 aliphatic carbocycles. The van der Waals surface area contributed by atoms with Crippen LogP contribution in [0.4, 0.5) is 5.69 Å². The third-order valence-electron chi connectivity index (χ3n) is 4.21. The zero-order chi connectivity index (χ0) is 18.5. The SMILES string of the molecule is COc1cc(C)ccc1OCC(=O)OCC(=O)N1CCc2ccccc21. The second-order valence-corrected chi connectivity index (χ2v) is 6.03. The van der Waals surface area contributed by atoms with Crippen molar-refractivity contribution in [1.82, 2.24) is 0 Å². The van der Waals surface area contributed by atoms with Crippen LogP contribution in [0.3, 0.4) is 0 Å². The van der Waals surface area contributed by atoms with E-state index in [0.29, 0.717) is 18.0 Å². The quantitative estimate of drug-likeness (QED) is 0.745. The summed E-state index contributed by atoms with van der Waals surface area (Å²) in [4.78, 5) is 25.8. The zero-order valence-corrected chi connectivity index (χ0v) is 14.9. The Kier molecular flexibility index (Phi) is 5.41. The Morgan fingerprint density at radius 2 is 1.88 bits per heavy atom. The largest absolute Gasteiger partial charge is 0.493 e. The highest BCUT2D eigenvalue weighted by Crippen LogP contribution is 2.28.